The first-order chi connectivity index (χ1) is 4.45. The summed E-state index contributed by atoms with van der Waals surface area (Å²) >= 11 is 6.17. The van der Waals surface area contributed by atoms with Gasteiger partial charge in [-0.3, -0.25) is 4.57 Å². The molecule has 0 aromatic carbocycles. The van der Waals surface area contributed by atoms with Gasteiger partial charge in [0.05, 0.1) is 6.61 Å². The van der Waals surface area contributed by atoms with E-state index in [1.165, 1.54) is 0 Å². The van der Waals surface area contributed by atoms with E-state index < -0.39 is 7.82 Å². The maximum Gasteiger partial charge on any atom is 1.00 e. The molecule has 0 fully saturated rings. The quantitative estimate of drug-likeness (QED) is 0.357. The van der Waals surface area contributed by atoms with Crippen LogP contribution < -0.4 is 34.5 Å². The molecule has 11 heavy (non-hydrogen) atoms. The average Bonchev–Trinajstić information content (AvgIpc) is 1.81. The SMILES string of the molecule is O=P([O-])(O)OCC(Br)CBr.[Na+]. The summed E-state index contributed by atoms with van der Waals surface area (Å²) in [5, 5.41) is 0.562. The van der Waals surface area contributed by atoms with Crippen molar-refractivity contribution in [1.82, 2.24) is 0 Å². The number of phosphoric acid groups is 1. The number of hydrogen-bond donors (Lipinski definition) is 1. The van der Waals surface area contributed by atoms with Crippen molar-refractivity contribution in [2.45, 2.75) is 4.83 Å². The largest absolute Gasteiger partial charge is 1.00 e. The second kappa shape index (κ2) is 7.47. The third kappa shape index (κ3) is 12.1. The molecule has 0 aliphatic rings. The van der Waals surface area contributed by atoms with Crippen LogP contribution in [0.3, 0.4) is 0 Å². The molecule has 1 N–H and O–H groups in total. The fourth-order valence-electron chi connectivity index (χ4n) is 0.220. The van der Waals surface area contributed by atoms with Crippen LogP contribution in [0.1, 0.15) is 0 Å². The first-order valence-electron chi connectivity index (χ1n) is 2.34. The maximum absolute atomic E-state index is 9.98. The van der Waals surface area contributed by atoms with Crippen molar-refractivity contribution >= 4 is 39.7 Å². The second-order valence-electron chi connectivity index (χ2n) is 1.52. The van der Waals surface area contributed by atoms with Crippen LogP contribution in [0.25, 0.3) is 0 Å². The fraction of sp³-hybridized carbons (Fsp3) is 1.00. The van der Waals surface area contributed by atoms with Crippen molar-refractivity contribution in [1.29, 1.82) is 0 Å². The molecule has 0 spiro atoms. The number of halogens is 2. The Balaban J connectivity index is 0. The molecule has 0 aliphatic heterocycles. The Kier molecular flexibility index (Phi) is 10.6. The smallest absolute Gasteiger partial charge is 0.756 e. The molecular formula is C3H6Br2NaO4P. The van der Waals surface area contributed by atoms with Gasteiger partial charge in [0.1, 0.15) is 0 Å². The molecule has 0 saturated carbocycles. The van der Waals surface area contributed by atoms with Gasteiger partial charge in [-0.1, -0.05) is 31.9 Å². The van der Waals surface area contributed by atoms with Crippen LogP contribution in [0, 0.1) is 0 Å². The third-order valence-electron chi connectivity index (χ3n) is 0.586. The minimum atomic E-state index is -4.53. The van der Waals surface area contributed by atoms with Crippen LogP contribution in [0.15, 0.2) is 0 Å². The molecule has 2 unspecified atom stereocenters. The van der Waals surface area contributed by atoms with Crippen LogP contribution in [0.4, 0.5) is 0 Å². The van der Waals surface area contributed by atoms with Crippen LogP contribution in [-0.2, 0) is 9.09 Å². The fourth-order valence-corrected chi connectivity index (χ4v) is 1.11. The summed E-state index contributed by atoms with van der Waals surface area (Å²) in [6.07, 6.45) is 0. The first kappa shape index (κ1) is 15.5. The van der Waals surface area contributed by atoms with Crippen molar-refractivity contribution in [2.75, 3.05) is 11.9 Å². The van der Waals surface area contributed by atoms with Gasteiger partial charge in [-0.25, -0.2) is 0 Å². The summed E-state index contributed by atoms with van der Waals surface area (Å²) in [7, 11) is -4.53. The number of rotatable bonds is 4. The van der Waals surface area contributed by atoms with Crippen molar-refractivity contribution in [3.05, 3.63) is 0 Å². The summed E-state index contributed by atoms with van der Waals surface area (Å²) in [5.41, 5.74) is 0. The van der Waals surface area contributed by atoms with Gasteiger partial charge in [0.25, 0.3) is 7.82 Å². The third-order valence-corrected chi connectivity index (χ3v) is 3.30. The molecule has 4 nitrogen and oxygen atoms in total. The van der Waals surface area contributed by atoms with Crippen molar-refractivity contribution in [2.24, 2.45) is 0 Å². The van der Waals surface area contributed by atoms with Gasteiger partial charge < -0.3 is 14.3 Å². The summed E-state index contributed by atoms with van der Waals surface area (Å²) < 4.78 is 14.0. The minimum absolute atomic E-state index is 0. The molecule has 0 saturated heterocycles. The van der Waals surface area contributed by atoms with E-state index in [1.807, 2.05) is 0 Å². The Morgan fingerprint density at radius 1 is 1.73 bits per heavy atom. The van der Waals surface area contributed by atoms with E-state index in [0.29, 0.717) is 5.33 Å². The second-order valence-corrected chi connectivity index (χ2v) is 4.65. The summed E-state index contributed by atoms with van der Waals surface area (Å²) in [5.74, 6) is 0. The van der Waals surface area contributed by atoms with Crippen molar-refractivity contribution < 1.29 is 48.4 Å². The molecule has 2 atom stereocenters. The predicted octanol–water partition coefficient (Wildman–Crippen LogP) is -2.37. The normalized spacial score (nSPS) is 18.2. The van der Waals surface area contributed by atoms with Crippen LogP contribution in [0.5, 0.6) is 0 Å². The Morgan fingerprint density at radius 3 is 2.45 bits per heavy atom. The number of hydrogen-bond acceptors (Lipinski definition) is 3. The first-order valence-corrected chi connectivity index (χ1v) is 5.87. The Labute approximate surface area is 104 Å². The monoisotopic (exact) mass is 318 g/mol. The zero-order chi connectivity index (χ0) is 8.20. The molecule has 0 amide bonds. The van der Waals surface area contributed by atoms with Gasteiger partial charge >= 0.3 is 29.6 Å². The molecule has 0 aromatic rings. The van der Waals surface area contributed by atoms with E-state index in [1.54, 1.807) is 0 Å². The Morgan fingerprint density at radius 2 is 2.18 bits per heavy atom. The van der Waals surface area contributed by atoms with Crippen LogP contribution in [-0.4, -0.2) is 21.7 Å². The number of phosphoric ester groups is 1. The van der Waals surface area contributed by atoms with E-state index in [0.717, 1.165) is 0 Å². The minimum Gasteiger partial charge on any atom is -0.756 e. The van der Waals surface area contributed by atoms with Crippen LogP contribution >= 0.6 is 39.7 Å². The van der Waals surface area contributed by atoms with E-state index in [2.05, 4.69) is 36.4 Å². The van der Waals surface area contributed by atoms with Gasteiger partial charge in [-0.2, -0.15) is 0 Å². The molecule has 0 radical (unpaired) electrons. The van der Waals surface area contributed by atoms with Crippen LogP contribution in [0.2, 0.25) is 0 Å². The molecule has 0 bridgehead atoms. The maximum atomic E-state index is 9.98. The molecule has 0 heterocycles. The Hall–Kier alpha value is 2.07. The topological polar surface area (TPSA) is 69.6 Å². The molecule has 0 aromatic heterocycles. The molecule has 8 heteroatoms. The average molecular weight is 320 g/mol. The molecule has 62 valence electrons. The van der Waals surface area contributed by atoms with Gasteiger partial charge in [0.15, 0.2) is 0 Å². The van der Waals surface area contributed by atoms with E-state index >= 15 is 0 Å². The zero-order valence-electron chi connectivity index (χ0n) is 5.87. The molecular weight excluding hydrogens is 314 g/mol. The van der Waals surface area contributed by atoms with E-state index in [4.69, 9.17) is 4.89 Å². The van der Waals surface area contributed by atoms with Crippen molar-refractivity contribution in [3.63, 3.8) is 0 Å². The summed E-state index contributed by atoms with van der Waals surface area (Å²) in [6, 6.07) is 0. The molecule has 0 aliphatic carbocycles. The zero-order valence-corrected chi connectivity index (χ0v) is 11.9. The van der Waals surface area contributed by atoms with Gasteiger partial charge in [-0.15, -0.1) is 0 Å². The summed E-state index contributed by atoms with van der Waals surface area (Å²) in [4.78, 5) is 18.0. The van der Waals surface area contributed by atoms with Gasteiger partial charge in [-0.05, 0) is 0 Å². The standard InChI is InChI=1S/C3H7Br2O4P.Na/c4-1-3(5)2-9-10(6,7)8;/h3H,1-2H2,(H2,6,7,8);/q;+1/p-1. The summed E-state index contributed by atoms with van der Waals surface area (Å²) in [6.45, 7) is -0.0669. The number of alkyl halides is 2. The van der Waals surface area contributed by atoms with E-state index in [-0.39, 0.29) is 41.0 Å². The van der Waals surface area contributed by atoms with Crippen molar-refractivity contribution in [3.8, 4) is 0 Å². The molecule has 0 rings (SSSR count). The predicted molar refractivity (Wildman–Crippen MR) is 42.3 cm³/mol. The Bertz CT molecular complexity index is 139. The van der Waals surface area contributed by atoms with E-state index in [9.17, 15) is 9.46 Å². The van der Waals surface area contributed by atoms with Gasteiger partial charge in [0.2, 0.25) is 0 Å². The van der Waals surface area contributed by atoms with Gasteiger partial charge in [0, 0.05) is 10.2 Å².